The van der Waals surface area contributed by atoms with Crippen LogP contribution in [0.2, 0.25) is 0 Å². The van der Waals surface area contributed by atoms with E-state index in [-0.39, 0.29) is 18.5 Å². The van der Waals surface area contributed by atoms with Gasteiger partial charge in [-0.3, -0.25) is 4.79 Å². The summed E-state index contributed by atoms with van der Waals surface area (Å²) in [7, 11) is 3.78. The number of nitrogens with one attached hydrogen (secondary N) is 2. The van der Waals surface area contributed by atoms with Gasteiger partial charge in [0.2, 0.25) is 5.91 Å². The molecule has 106 valence electrons. The Morgan fingerprint density at radius 2 is 2.33 bits per heavy atom. The van der Waals surface area contributed by atoms with Crippen molar-refractivity contribution < 1.29 is 14.6 Å². The van der Waals surface area contributed by atoms with E-state index in [1.54, 1.807) is 6.92 Å². The van der Waals surface area contributed by atoms with E-state index in [1.165, 1.54) is 0 Å². The van der Waals surface area contributed by atoms with Crippen LogP contribution in [0.4, 0.5) is 0 Å². The van der Waals surface area contributed by atoms with Gasteiger partial charge in [0, 0.05) is 32.1 Å². The molecular formula is C12H25N3O3. The fourth-order valence-electron chi connectivity index (χ4n) is 2.07. The number of nitrogens with zero attached hydrogens (tertiary/aromatic N) is 1. The van der Waals surface area contributed by atoms with Gasteiger partial charge in [0.1, 0.15) is 0 Å². The normalized spacial score (nSPS) is 23.7. The molecule has 0 aliphatic carbocycles. The van der Waals surface area contributed by atoms with Crippen LogP contribution >= 0.6 is 0 Å². The third kappa shape index (κ3) is 6.30. The van der Waals surface area contributed by atoms with Gasteiger partial charge in [-0.15, -0.1) is 0 Å². The minimum atomic E-state index is -0.907. The molecule has 1 amide bonds. The summed E-state index contributed by atoms with van der Waals surface area (Å²) in [5.41, 5.74) is -0.907. The van der Waals surface area contributed by atoms with Crippen molar-refractivity contribution in [1.29, 1.82) is 0 Å². The van der Waals surface area contributed by atoms with Gasteiger partial charge in [-0.05, 0) is 21.0 Å². The van der Waals surface area contributed by atoms with Crippen LogP contribution in [0, 0.1) is 0 Å². The Bertz CT molecular complexity index is 263. The topological polar surface area (TPSA) is 73.8 Å². The lowest BCUT2D eigenvalue weighted by molar-refractivity contribution is -0.123. The number of morpholine rings is 1. The summed E-state index contributed by atoms with van der Waals surface area (Å²) in [6.07, 6.45) is 0.387. The average Bonchev–Trinajstić information content (AvgIpc) is 2.26. The summed E-state index contributed by atoms with van der Waals surface area (Å²) < 4.78 is 5.28. The minimum Gasteiger partial charge on any atom is -0.387 e. The molecule has 0 aromatic heterocycles. The Kier molecular flexibility index (Phi) is 6.01. The molecule has 3 N–H and O–H groups in total. The summed E-state index contributed by atoms with van der Waals surface area (Å²) in [4.78, 5) is 13.6. The van der Waals surface area contributed by atoms with E-state index in [0.29, 0.717) is 26.2 Å². The Labute approximate surface area is 109 Å². The first-order valence-electron chi connectivity index (χ1n) is 6.34. The number of ether oxygens (including phenoxy) is 1. The van der Waals surface area contributed by atoms with Crippen molar-refractivity contribution in [1.82, 2.24) is 15.5 Å². The zero-order valence-electron chi connectivity index (χ0n) is 11.5. The van der Waals surface area contributed by atoms with Crippen molar-refractivity contribution in [2.75, 3.05) is 46.9 Å². The minimum absolute atomic E-state index is 0.0583. The smallest absolute Gasteiger partial charge is 0.221 e. The van der Waals surface area contributed by atoms with E-state index in [0.717, 1.165) is 6.54 Å². The summed E-state index contributed by atoms with van der Waals surface area (Å²) in [6, 6.07) is 0.0811. The second kappa shape index (κ2) is 7.04. The van der Waals surface area contributed by atoms with E-state index >= 15 is 0 Å². The largest absolute Gasteiger partial charge is 0.387 e. The van der Waals surface area contributed by atoms with Crippen LogP contribution < -0.4 is 10.6 Å². The number of amides is 1. The number of aliphatic hydroxyl groups is 1. The van der Waals surface area contributed by atoms with E-state index in [9.17, 15) is 9.90 Å². The highest BCUT2D eigenvalue weighted by Crippen LogP contribution is 2.03. The van der Waals surface area contributed by atoms with Gasteiger partial charge in [0.05, 0.1) is 18.8 Å². The molecule has 1 heterocycles. The molecule has 1 rings (SSSR count). The molecule has 0 aromatic rings. The molecule has 0 saturated carbocycles. The number of carbonyl (C=O) groups excluding carboxylic acids is 1. The van der Waals surface area contributed by atoms with Gasteiger partial charge in [0.25, 0.3) is 0 Å². The highest BCUT2D eigenvalue weighted by molar-refractivity contribution is 5.76. The van der Waals surface area contributed by atoms with Crippen molar-refractivity contribution >= 4 is 5.91 Å². The van der Waals surface area contributed by atoms with Gasteiger partial charge in [-0.1, -0.05) is 0 Å². The first-order valence-corrected chi connectivity index (χ1v) is 6.34. The van der Waals surface area contributed by atoms with Gasteiger partial charge in [-0.25, -0.2) is 0 Å². The summed E-state index contributed by atoms with van der Waals surface area (Å²) in [5.74, 6) is -0.0583. The average molecular weight is 259 g/mol. The maximum absolute atomic E-state index is 11.7. The van der Waals surface area contributed by atoms with Gasteiger partial charge in [-0.2, -0.15) is 0 Å². The van der Waals surface area contributed by atoms with Crippen molar-refractivity contribution in [3.8, 4) is 0 Å². The van der Waals surface area contributed by atoms with E-state index < -0.39 is 5.60 Å². The SMILES string of the molecule is CN(C)CC(C)(O)CNC(=O)CC1COCCN1. The number of hydrogen-bond donors (Lipinski definition) is 3. The van der Waals surface area contributed by atoms with Crippen LogP contribution in [-0.4, -0.2) is 74.5 Å². The molecule has 1 fully saturated rings. The van der Waals surface area contributed by atoms with Crippen LogP contribution in [0.25, 0.3) is 0 Å². The standard InChI is InChI=1S/C12H25N3O3/c1-12(17,9-15(2)3)8-14-11(16)6-10-7-18-5-4-13-10/h10,13,17H,4-9H2,1-3H3,(H,14,16). The molecule has 1 aliphatic rings. The molecule has 2 unspecified atom stereocenters. The molecule has 0 spiro atoms. The lowest BCUT2D eigenvalue weighted by Gasteiger charge is -2.28. The maximum atomic E-state index is 11.7. The van der Waals surface area contributed by atoms with Crippen molar-refractivity contribution in [2.24, 2.45) is 0 Å². The lowest BCUT2D eigenvalue weighted by atomic mass is 10.1. The summed E-state index contributed by atoms with van der Waals surface area (Å²) in [5, 5.41) is 16.0. The molecule has 6 heteroatoms. The second-order valence-electron chi connectivity index (χ2n) is 5.44. The Morgan fingerprint density at radius 3 is 2.89 bits per heavy atom. The highest BCUT2D eigenvalue weighted by Gasteiger charge is 2.23. The Morgan fingerprint density at radius 1 is 1.61 bits per heavy atom. The monoisotopic (exact) mass is 259 g/mol. The first kappa shape index (κ1) is 15.4. The quantitative estimate of drug-likeness (QED) is 0.558. The zero-order chi connectivity index (χ0) is 13.6. The fourth-order valence-corrected chi connectivity index (χ4v) is 2.07. The number of hydrogen-bond acceptors (Lipinski definition) is 5. The lowest BCUT2D eigenvalue weighted by Crippen LogP contribution is -2.49. The van der Waals surface area contributed by atoms with Crippen LogP contribution in [0.3, 0.4) is 0 Å². The molecule has 18 heavy (non-hydrogen) atoms. The number of rotatable bonds is 6. The molecule has 2 atom stereocenters. The van der Waals surface area contributed by atoms with Crippen LogP contribution in [-0.2, 0) is 9.53 Å². The summed E-state index contributed by atoms with van der Waals surface area (Å²) in [6.45, 7) is 4.55. The summed E-state index contributed by atoms with van der Waals surface area (Å²) >= 11 is 0. The Balaban J connectivity index is 2.23. The molecule has 0 bridgehead atoms. The second-order valence-corrected chi connectivity index (χ2v) is 5.44. The van der Waals surface area contributed by atoms with Crippen molar-refractivity contribution in [3.63, 3.8) is 0 Å². The van der Waals surface area contributed by atoms with E-state index in [1.807, 2.05) is 19.0 Å². The third-order valence-electron chi connectivity index (χ3n) is 2.75. The highest BCUT2D eigenvalue weighted by atomic mass is 16.5. The predicted molar refractivity (Wildman–Crippen MR) is 69.4 cm³/mol. The van der Waals surface area contributed by atoms with Gasteiger partial charge in [0.15, 0.2) is 0 Å². The van der Waals surface area contributed by atoms with Crippen molar-refractivity contribution in [2.45, 2.75) is 25.0 Å². The van der Waals surface area contributed by atoms with E-state index in [4.69, 9.17) is 4.74 Å². The van der Waals surface area contributed by atoms with Crippen LogP contribution in [0.1, 0.15) is 13.3 Å². The Hall–Kier alpha value is -0.690. The molecule has 6 nitrogen and oxygen atoms in total. The van der Waals surface area contributed by atoms with Crippen LogP contribution in [0.5, 0.6) is 0 Å². The third-order valence-corrected chi connectivity index (χ3v) is 2.75. The first-order chi connectivity index (χ1) is 8.39. The fraction of sp³-hybridized carbons (Fsp3) is 0.917. The van der Waals surface area contributed by atoms with E-state index in [2.05, 4.69) is 10.6 Å². The van der Waals surface area contributed by atoms with Crippen molar-refractivity contribution in [3.05, 3.63) is 0 Å². The van der Waals surface area contributed by atoms with Gasteiger partial charge < -0.3 is 25.4 Å². The molecule has 0 aromatic carbocycles. The van der Waals surface area contributed by atoms with Gasteiger partial charge >= 0.3 is 0 Å². The molecule has 1 aliphatic heterocycles. The molecule has 0 radical (unpaired) electrons. The molecular weight excluding hydrogens is 234 g/mol. The zero-order valence-corrected chi connectivity index (χ0v) is 11.5. The maximum Gasteiger partial charge on any atom is 0.221 e. The number of likely N-dealkylation sites (N-methyl/N-ethyl adjacent to an activating group) is 1. The predicted octanol–water partition coefficient (Wildman–Crippen LogP) is -1.21. The van der Waals surface area contributed by atoms with Crippen LogP contribution in [0.15, 0.2) is 0 Å². The molecule has 1 saturated heterocycles. The number of carbonyl (C=O) groups is 1.